The molecule has 0 aliphatic carbocycles. The molecule has 0 radical (unpaired) electrons. The molecule has 1 aromatic heterocycles. The molecule has 0 aromatic carbocycles. The van der Waals surface area contributed by atoms with Crippen LogP contribution in [0.3, 0.4) is 0 Å². The van der Waals surface area contributed by atoms with Crippen molar-refractivity contribution in [3.63, 3.8) is 0 Å². The number of thioether (sulfide) groups is 1. The van der Waals surface area contributed by atoms with Crippen LogP contribution < -0.4 is 5.73 Å². The summed E-state index contributed by atoms with van der Waals surface area (Å²) in [6.45, 7) is 2.13. The van der Waals surface area contributed by atoms with Gasteiger partial charge in [-0.3, -0.25) is 9.59 Å². The maximum Gasteiger partial charge on any atom is 0.241 e. The molecular weight excluding hydrogens is 240 g/mol. The van der Waals surface area contributed by atoms with E-state index in [1.807, 2.05) is 6.92 Å². The molecule has 2 rings (SSSR count). The number of carbonyl (C=O) groups is 2. The third-order valence-electron chi connectivity index (χ3n) is 2.75. The smallest absolute Gasteiger partial charge is 0.241 e. The predicted octanol–water partition coefficient (Wildman–Crippen LogP) is 0.597. The molecule has 2 atom stereocenters. The Morgan fingerprint density at radius 1 is 1.71 bits per heavy atom. The molecular formula is C11H14N2O3S. The highest BCUT2D eigenvalue weighted by Crippen LogP contribution is 2.25. The van der Waals surface area contributed by atoms with Gasteiger partial charge < -0.3 is 15.1 Å². The van der Waals surface area contributed by atoms with Crippen molar-refractivity contribution in [3.05, 3.63) is 24.2 Å². The molecule has 0 saturated carbocycles. The van der Waals surface area contributed by atoms with Gasteiger partial charge in [0.25, 0.3) is 0 Å². The second-order valence-corrected chi connectivity index (χ2v) is 5.31. The molecule has 2 N–H and O–H groups in total. The van der Waals surface area contributed by atoms with Gasteiger partial charge in [0.05, 0.1) is 18.1 Å². The monoisotopic (exact) mass is 254 g/mol. The van der Waals surface area contributed by atoms with E-state index in [0.717, 1.165) is 0 Å². The van der Waals surface area contributed by atoms with Crippen molar-refractivity contribution in [1.82, 2.24) is 4.90 Å². The van der Waals surface area contributed by atoms with Crippen molar-refractivity contribution in [3.8, 4) is 0 Å². The first-order valence-electron chi connectivity index (χ1n) is 5.33. The minimum absolute atomic E-state index is 0.0681. The number of primary amides is 1. The molecule has 1 saturated heterocycles. The lowest BCUT2D eigenvalue weighted by molar-refractivity contribution is -0.139. The molecule has 1 fully saturated rings. The van der Waals surface area contributed by atoms with E-state index in [4.69, 9.17) is 10.2 Å². The Kier molecular flexibility index (Phi) is 3.42. The minimum Gasteiger partial charge on any atom is -0.467 e. The molecule has 1 aromatic rings. The van der Waals surface area contributed by atoms with E-state index in [9.17, 15) is 9.59 Å². The number of amides is 2. The highest BCUT2D eigenvalue weighted by atomic mass is 32.2. The molecule has 0 bridgehead atoms. The molecule has 17 heavy (non-hydrogen) atoms. The second kappa shape index (κ2) is 4.83. The summed E-state index contributed by atoms with van der Waals surface area (Å²) in [7, 11) is 0. The molecule has 2 amide bonds. The summed E-state index contributed by atoms with van der Waals surface area (Å²) in [6, 6.07) is 2.98. The van der Waals surface area contributed by atoms with Gasteiger partial charge >= 0.3 is 0 Å². The Balaban J connectivity index is 2.18. The Labute approximate surface area is 103 Å². The summed E-state index contributed by atoms with van der Waals surface area (Å²) in [5.74, 6) is 0.664. The fraction of sp³-hybridized carbons (Fsp3) is 0.455. The zero-order valence-electron chi connectivity index (χ0n) is 9.46. The third-order valence-corrected chi connectivity index (χ3v) is 3.96. The Morgan fingerprint density at radius 2 is 2.47 bits per heavy atom. The van der Waals surface area contributed by atoms with Crippen LogP contribution in [0.2, 0.25) is 0 Å². The van der Waals surface area contributed by atoms with Gasteiger partial charge in [0.1, 0.15) is 11.8 Å². The minimum atomic E-state index is -0.547. The Hall–Kier alpha value is -1.43. The summed E-state index contributed by atoms with van der Waals surface area (Å²) in [6.07, 6.45) is 1.54. The third kappa shape index (κ3) is 2.46. The van der Waals surface area contributed by atoms with Crippen LogP contribution in [0, 0.1) is 0 Å². The number of hydrogen-bond donors (Lipinski definition) is 1. The average Bonchev–Trinajstić information content (AvgIpc) is 2.77. The van der Waals surface area contributed by atoms with Gasteiger partial charge in [-0.15, -0.1) is 11.8 Å². The molecule has 2 unspecified atom stereocenters. The number of nitrogens with two attached hydrogens (primary N) is 1. The van der Waals surface area contributed by atoms with Crippen LogP contribution in [-0.2, 0) is 16.1 Å². The first-order chi connectivity index (χ1) is 8.09. The number of rotatable bonds is 3. The van der Waals surface area contributed by atoms with Crippen molar-refractivity contribution in [2.24, 2.45) is 5.73 Å². The lowest BCUT2D eigenvalue weighted by atomic mass is 10.2. The van der Waals surface area contributed by atoms with Crippen LogP contribution in [0.1, 0.15) is 12.7 Å². The number of furan rings is 1. The van der Waals surface area contributed by atoms with Crippen molar-refractivity contribution in [2.75, 3.05) is 5.75 Å². The van der Waals surface area contributed by atoms with Gasteiger partial charge in [0, 0.05) is 5.75 Å². The zero-order chi connectivity index (χ0) is 12.4. The summed E-state index contributed by atoms with van der Waals surface area (Å²) >= 11 is 1.46. The normalized spacial score (nSPS) is 25.0. The molecule has 1 aliphatic rings. The standard InChI is InChI=1S/C11H14N2O3S/c1-7-11(15)13(5-8-3-2-4-16-8)9(6-17-7)10(12)14/h2-4,7,9H,5-6H2,1H3,(H2,12,14). The second-order valence-electron chi connectivity index (χ2n) is 3.94. The van der Waals surface area contributed by atoms with Crippen LogP contribution in [0.4, 0.5) is 0 Å². The fourth-order valence-electron chi connectivity index (χ4n) is 1.78. The van der Waals surface area contributed by atoms with Crippen LogP contribution in [0.5, 0.6) is 0 Å². The highest BCUT2D eigenvalue weighted by Gasteiger charge is 2.36. The summed E-state index contributed by atoms with van der Waals surface area (Å²) in [4.78, 5) is 24.9. The van der Waals surface area contributed by atoms with Gasteiger partial charge in [-0.2, -0.15) is 0 Å². The van der Waals surface area contributed by atoms with Gasteiger partial charge in [0.15, 0.2) is 0 Å². The maximum absolute atomic E-state index is 12.0. The van der Waals surface area contributed by atoms with E-state index in [2.05, 4.69) is 0 Å². The quantitative estimate of drug-likeness (QED) is 0.856. The van der Waals surface area contributed by atoms with Gasteiger partial charge in [-0.25, -0.2) is 0 Å². The highest BCUT2D eigenvalue weighted by molar-refractivity contribution is 8.00. The van der Waals surface area contributed by atoms with Crippen LogP contribution in [0.15, 0.2) is 22.8 Å². The zero-order valence-corrected chi connectivity index (χ0v) is 10.3. The van der Waals surface area contributed by atoms with Crippen LogP contribution in [-0.4, -0.2) is 33.8 Å². The van der Waals surface area contributed by atoms with Crippen molar-refractivity contribution >= 4 is 23.6 Å². The number of nitrogens with zero attached hydrogens (tertiary/aromatic N) is 1. The SMILES string of the molecule is CC1SCC(C(N)=O)N(Cc2ccco2)C1=O. The van der Waals surface area contributed by atoms with E-state index in [1.165, 1.54) is 16.7 Å². The fourth-order valence-corrected chi connectivity index (χ4v) is 2.87. The summed E-state index contributed by atoms with van der Waals surface area (Å²) in [5.41, 5.74) is 5.32. The Bertz CT molecular complexity index is 418. The van der Waals surface area contributed by atoms with Gasteiger partial charge in [0.2, 0.25) is 11.8 Å². The van der Waals surface area contributed by atoms with E-state index in [-0.39, 0.29) is 11.2 Å². The maximum atomic E-state index is 12.0. The predicted molar refractivity (Wildman–Crippen MR) is 64.2 cm³/mol. The molecule has 2 heterocycles. The van der Waals surface area contributed by atoms with Crippen molar-refractivity contribution < 1.29 is 14.0 Å². The van der Waals surface area contributed by atoms with E-state index in [0.29, 0.717) is 18.1 Å². The van der Waals surface area contributed by atoms with Crippen LogP contribution >= 0.6 is 11.8 Å². The van der Waals surface area contributed by atoms with Gasteiger partial charge in [-0.1, -0.05) is 0 Å². The molecule has 6 heteroatoms. The lowest BCUT2D eigenvalue weighted by Crippen LogP contribution is -2.54. The first kappa shape index (κ1) is 12.0. The van der Waals surface area contributed by atoms with E-state index >= 15 is 0 Å². The van der Waals surface area contributed by atoms with E-state index in [1.54, 1.807) is 18.4 Å². The van der Waals surface area contributed by atoms with Crippen molar-refractivity contribution in [2.45, 2.75) is 24.8 Å². The number of carbonyl (C=O) groups excluding carboxylic acids is 2. The number of hydrogen-bond acceptors (Lipinski definition) is 4. The molecule has 0 spiro atoms. The summed E-state index contributed by atoms with van der Waals surface area (Å²) < 4.78 is 5.20. The largest absolute Gasteiger partial charge is 0.467 e. The van der Waals surface area contributed by atoms with Crippen LogP contribution in [0.25, 0.3) is 0 Å². The first-order valence-corrected chi connectivity index (χ1v) is 6.38. The van der Waals surface area contributed by atoms with Gasteiger partial charge in [-0.05, 0) is 19.1 Å². The molecule has 5 nitrogen and oxygen atoms in total. The lowest BCUT2D eigenvalue weighted by Gasteiger charge is -2.35. The van der Waals surface area contributed by atoms with Crippen molar-refractivity contribution in [1.29, 1.82) is 0 Å². The topological polar surface area (TPSA) is 76.5 Å². The summed E-state index contributed by atoms with van der Waals surface area (Å²) in [5, 5.41) is -0.138. The molecule has 1 aliphatic heterocycles. The molecule has 92 valence electrons. The average molecular weight is 254 g/mol. The van der Waals surface area contributed by atoms with E-state index < -0.39 is 11.9 Å². The Morgan fingerprint density at radius 3 is 3.06 bits per heavy atom.